The molecule has 2 N–H and O–H groups in total. The van der Waals surface area contributed by atoms with Gasteiger partial charge < -0.3 is 9.64 Å². The molecule has 0 unspecified atom stereocenters. The molecule has 0 aliphatic heterocycles. The SMILES string of the molecule is C=CCN(CC=C)c1nc2cc(OCCCCCCCC)c(N=[NH2+])cc2s1. The number of fused-ring (bicyclic) bond motifs is 1. The maximum atomic E-state index is 5.95. The van der Waals surface area contributed by atoms with Crippen LogP contribution >= 0.6 is 11.3 Å². The highest BCUT2D eigenvalue weighted by molar-refractivity contribution is 7.22. The molecule has 146 valence electrons. The van der Waals surface area contributed by atoms with E-state index in [4.69, 9.17) is 15.3 Å². The molecule has 2 aromatic rings. The van der Waals surface area contributed by atoms with Crippen molar-refractivity contribution in [2.45, 2.75) is 45.4 Å². The van der Waals surface area contributed by atoms with Crippen LogP contribution in [-0.4, -0.2) is 24.7 Å². The lowest BCUT2D eigenvalue weighted by atomic mass is 10.1. The molecule has 0 amide bonds. The van der Waals surface area contributed by atoms with Gasteiger partial charge >= 0.3 is 0 Å². The number of aromatic nitrogens is 1. The first-order valence-corrected chi connectivity index (χ1v) is 10.5. The van der Waals surface area contributed by atoms with Crippen LogP contribution in [0.3, 0.4) is 0 Å². The van der Waals surface area contributed by atoms with E-state index in [1.165, 1.54) is 32.1 Å². The summed E-state index contributed by atoms with van der Waals surface area (Å²) in [5.74, 6) is 0.703. The summed E-state index contributed by atoms with van der Waals surface area (Å²) in [4.78, 5) is 6.88. The quantitative estimate of drug-likeness (QED) is 0.280. The number of nitrogens with two attached hydrogens (primary N) is 1. The Labute approximate surface area is 166 Å². The van der Waals surface area contributed by atoms with E-state index in [2.05, 4.69) is 30.1 Å². The first kappa shape index (κ1) is 21.1. The minimum Gasteiger partial charge on any atom is -0.491 e. The van der Waals surface area contributed by atoms with Gasteiger partial charge in [0.1, 0.15) is 0 Å². The van der Waals surface area contributed by atoms with Crippen molar-refractivity contribution in [3.63, 3.8) is 0 Å². The monoisotopic (exact) mass is 387 g/mol. The van der Waals surface area contributed by atoms with Crippen molar-refractivity contribution >= 4 is 32.4 Å². The highest BCUT2D eigenvalue weighted by Crippen LogP contribution is 2.37. The molecule has 0 aliphatic carbocycles. The average molecular weight is 388 g/mol. The van der Waals surface area contributed by atoms with E-state index in [1.54, 1.807) is 11.3 Å². The largest absolute Gasteiger partial charge is 0.491 e. The van der Waals surface area contributed by atoms with E-state index in [-0.39, 0.29) is 0 Å². The Morgan fingerprint density at radius 1 is 1.15 bits per heavy atom. The van der Waals surface area contributed by atoms with Crippen LogP contribution in [0.4, 0.5) is 10.8 Å². The molecular formula is C21H31N4OS+. The molecule has 1 heterocycles. The van der Waals surface area contributed by atoms with Gasteiger partial charge in [-0.3, -0.25) is 0 Å². The molecule has 0 fully saturated rings. The van der Waals surface area contributed by atoms with Gasteiger partial charge in [-0.2, -0.15) is 5.53 Å². The van der Waals surface area contributed by atoms with Crippen molar-refractivity contribution in [3.05, 3.63) is 37.4 Å². The molecule has 27 heavy (non-hydrogen) atoms. The fourth-order valence-electron chi connectivity index (χ4n) is 2.89. The summed E-state index contributed by atoms with van der Waals surface area (Å²) in [7, 11) is 0. The number of rotatable bonds is 14. The predicted octanol–water partition coefficient (Wildman–Crippen LogP) is 5.06. The molecule has 0 bridgehead atoms. The Morgan fingerprint density at radius 3 is 2.52 bits per heavy atom. The summed E-state index contributed by atoms with van der Waals surface area (Å²) in [6.45, 7) is 12.0. The molecular weight excluding hydrogens is 356 g/mol. The smallest absolute Gasteiger partial charge is 0.187 e. The fraction of sp³-hybridized carbons (Fsp3) is 0.476. The van der Waals surface area contributed by atoms with Crippen LogP contribution in [0.2, 0.25) is 0 Å². The summed E-state index contributed by atoms with van der Waals surface area (Å²) in [5.41, 5.74) is 7.15. The van der Waals surface area contributed by atoms with E-state index in [9.17, 15) is 0 Å². The summed E-state index contributed by atoms with van der Waals surface area (Å²) in [6, 6.07) is 3.89. The Kier molecular flexibility index (Phi) is 8.98. The maximum Gasteiger partial charge on any atom is 0.187 e. The molecule has 2 rings (SSSR count). The molecule has 5 nitrogen and oxygen atoms in total. The van der Waals surface area contributed by atoms with Gasteiger partial charge in [0.05, 0.1) is 16.8 Å². The molecule has 0 radical (unpaired) electrons. The molecule has 0 atom stereocenters. The van der Waals surface area contributed by atoms with E-state index in [0.717, 1.165) is 34.9 Å². The Hall–Kier alpha value is -2.21. The summed E-state index contributed by atoms with van der Waals surface area (Å²) in [5, 5.41) is 4.83. The number of thiazole rings is 1. The third-order valence-electron chi connectivity index (χ3n) is 4.32. The van der Waals surface area contributed by atoms with Crippen molar-refractivity contribution in [1.82, 2.24) is 4.98 Å². The zero-order valence-corrected chi connectivity index (χ0v) is 17.1. The van der Waals surface area contributed by atoms with Gasteiger partial charge in [-0.15, -0.1) is 13.2 Å². The number of ether oxygens (including phenoxy) is 1. The van der Waals surface area contributed by atoms with Gasteiger partial charge in [0, 0.05) is 19.2 Å². The molecule has 0 saturated carbocycles. The van der Waals surface area contributed by atoms with Crippen LogP contribution in [0.1, 0.15) is 45.4 Å². The van der Waals surface area contributed by atoms with Crippen LogP contribution < -0.4 is 15.2 Å². The lowest BCUT2D eigenvalue weighted by Crippen LogP contribution is -2.22. The lowest BCUT2D eigenvalue weighted by molar-refractivity contribution is -0.210. The van der Waals surface area contributed by atoms with Crippen LogP contribution in [0.15, 0.2) is 42.6 Å². The molecule has 0 aliphatic rings. The van der Waals surface area contributed by atoms with Crippen molar-refractivity contribution in [2.75, 3.05) is 24.6 Å². The molecule has 6 heteroatoms. The minimum atomic E-state index is 0.669. The number of hydrogen-bond acceptors (Lipinski definition) is 5. The molecule has 0 saturated heterocycles. The Morgan fingerprint density at radius 2 is 1.85 bits per heavy atom. The Balaban J connectivity index is 2.07. The molecule has 0 spiro atoms. The number of anilines is 1. The lowest BCUT2D eigenvalue weighted by Gasteiger charge is -2.17. The third kappa shape index (κ3) is 6.17. The average Bonchev–Trinajstić information content (AvgIpc) is 3.09. The summed E-state index contributed by atoms with van der Waals surface area (Å²) in [6.07, 6.45) is 11.1. The fourth-order valence-corrected chi connectivity index (χ4v) is 3.89. The van der Waals surface area contributed by atoms with Crippen LogP contribution in [0, 0.1) is 0 Å². The number of unbranched alkanes of at least 4 members (excludes halogenated alkanes) is 5. The van der Waals surface area contributed by atoms with Gasteiger partial charge in [-0.1, -0.05) is 62.5 Å². The van der Waals surface area contributed by atoms with Crippen molar-refractivity contribution in [1.29, 1.82) is 0 Å². The zero-order valence-electron chi connectivity index (χ0n) is 16.3. The van der Waals surface area contributed by atoms with Crippen molar-refractivity contribution < 1.29 is 10.3 Å². The van der Waals surface area contributed by atoms with Gasteiger partial charge in [-0.25, -0.2) is 4.98 Å². The van der Waals surface area contributed by atoms with Gasteiger partial charge in [0.25, 0.3) is 0 Å². The second kappa shape index (κ2) is 11.5. The van der Waals surface area contributed by atoms with Crippen LogP contribution in [0.5, 0.6) is 5.75 Å². The topological polar surface area (TPSA) is 63.3 Å². The normalized spacial score (nSPS) is 10.7. The van der Waals surface area contributed by atoms with Crippen molar-refractivity contribution in [2.24, 2.45) is 5.11 Å². The second-order valence-corrected chi connectivity index (χ2v) is 7.52. The van der Waals surface area contributed by atoms with E-state index >= 15 is 0 Å². The van der Waals surface area contributed by atoms with Crippen LogP contribution in [0.25, 0.3) is 10.2 Å². The number of nitrogens with zero attached hydrogens (tertiary/aromatic N) is 3. The number of hydrogen-bond donors (Lipinski definition) is 1. The first-order valence-electron chi connectivity index (χ1n) is 9.68. The standard InChI is InChI=1S/C21H30N4OS/c1-4-7-8-9-10-11-14-26-19-15-18-20(16-17(19)24-22)27-21(23-18)25(12-5-2)13-6-3/h5-6,15-16,22H,2-4,7-14H2,1H3/p+1. The highest BCUT2D eigenvalue weighted by atomic mass is 32.1. The van der Waals surface area contributed by atoms with E-state index in [0.29, 0.717) is 18.0 Å². The molecule has 1 aromatic heterocycles. The second-order valence-electron chi connectivity index (χ2n) is 6.51. The predicted molar refractivity (Wildman–Crippen MR) is 115 cm³/mol. The van der Waals surface area contributed by atoms with Crippen LogP contribution in [-0.2, 0) is 0 Å². The van der Waals surface area contributed by atoms with E-state index in [1.807, 2.05) is 24.3 Å². The minimum absolute atomic E-state index is 0.669. The highest BCUT2D eigenvalue weighted by Gasteiger charge is 2.14. The van der Waals surface area contributed by atoms with Gasteiger partial charge in [0.15, 0.2) is 16.6 Å². The summed E-state index contributed by atoms with van der Waals surface area (Å²) < 4.78 is 6.99. The zero-order chi connectivity index (χ0) is 19.5. The van der Waals surface area contributed by atoms with Gasteiger partial charge in [-0.05, 0) is 17.6 Å². The summed E-state index contributed by atoms with van der Waals surface area (Å²) >= 11 is 1.61. The maximum absolute atomic E-state index is 5.95. The first-order chi connectivity index (χ1) is 13.2. The molecule has 1 aromatic carbocycles. The van der Waals surface area contributed by atoms with Gasteiger partial charge in [0.2, 0.25) is 0 Å². The third-order valence-corrected chi connectivity index (χ3v) is 5.40. The number of benzene rings is 1. The Bertz CT molecular complexity index is 746. The van der Waals surface area contributed by atoms with E-state index < -0.39 is 0 Å². The van der Waals surface area contributed by atoms with Crippen molar-refractivity contribution in [3.8, 4) is 5.75 Å².